The Kier molecular flexibility index (Phi) is 7.54. The fraction of sp³-hybridized carbons (Fsp3) is 0.688. The van der Waals surface area contributed by atoms with E-state index in [4.69, 9.17) is 11.6 Å². The summed E-state index contributed by atoms with van der Waals surface area (Å²) < 4.78 is 0.794. The molecule has 1 aliphatic rings. The number of halogens is 1. The summed E-state index contributed by atoms with van der Waals surface area (Å²) in [5.41, 5.74) is 0. The standard InChI is InChI=1S/C16H25ClN2OS/c17-15-8-6-14(21-15)7-9-16(20)18-10-5-13-19-11-3-1-2-4-12-19/h6,8H,1-5,7,9-13H2,(H,18,20). The molecular formula is C16H25ClN2OS. The lowest BCUT2D eigenvalue weighted by atomic mass is 10.2. The van der Waals surface area contributed by atoms with Crippen LogP contribution in [-0.4, -0.2) is 37.0 Å². The van der Waals surface area contributed by atoms with Gasteiger partial charge in [0.15, 0.2) is 0 Å². The number of rotatable bonds is 7. The predicted molar refractivity (Wildman–Crippen MR) is 90.2 cm³/mol. The number of hydrogen-bond acceptors (Lipinski definition) is 3. The lowest BCUT2D eigenvalue weighted by molar-refractivity contribution is -0.121. The van der Waals surface area contributed by atoms with Crippen molar-refractivity contribution in [2.75, 3.05) is 26.2 Å². The van der Waals surface area contributed by atoms with Gasteiger partial charge in [0.25, 0.3) is 0 Å². The minimum atomic E-state index is 0.149. The average molecular weight is 329 g/mol. The third-order valence-electron chi connectivity index (χ3n) is 3.90. The number of aryl methyl sites for hydroxylation is 1. The second-order valence-corrected chi connectivity index (χ2v) is 7.46. The van der Waals surface area contributed by atoms with Crippen molar-refractivity contribution in [3.05, 3.63) is 21.3 Å². The van der Waals surface area contributed by atoms with Crippen LogP contribution in [0.4, 0.5) is 0 Å². The lowest BCUT2D eigenvalue weighted by Crippen LogP contribution is -2.30. The number of carbonyl (C=O) groups excluding carboxylic acids is 1. The van der Waals surface area contributed by atoms with E-state index in [1.807, 2.05) is 12.1 Å². The number of thiophene rings is 1. The minimum Gasteiger partial charge on any atom is -0.356 e. The van der Waals surface area contributed by atoms with Crippen molar-refractivity contribution in [2.24, 2.45) is 0 Å². The molecule has 0 aliphatic carbocycles. The van der Waals surface area contributed by atoms with Gasteiger partial charge < -0.3 is 10.2 Å². The van der Waals surface area contributed by atoms with Gasteiger partial charge in [0.1, 0.15) is 0 Å². The first-order chi connectivity index (χ1) is 10.2. The molecule has 0 saturated carbocycles. The number of carbonyl (C=O) groups is 1. The van der Waals surface area contributed by atoms with E-state index in [1.54, 1.807) is 11.3 Å². The maximum absolute atomic E-state index is 11.8. The van der Waals surface area contributed by atoms with Crippen LogP contribution in [0.5, 0.6) is 0 Å². The topological polar surface area (TPSA) is 32.3 Å². The van der Waals surface area contributed by atoms with Gasteiger partial charge in [-0.15, -0.1) is 11.3 Å². The second kappa shape index (κ2) is 9.44. The van der Waals surface area contributed by atoms with Gasteiger partial charge in [-0.2, -0.15) is 0 Å². The van der Waals surface area contributed by atoms with E-state index in [0.29, 0.717) is 6.42 Å². The Morgan fingerprint density at radius 1 is 1.24 bits per heavy atom. The monoisotopic (exact) mass is 328 g/mol. The molecule has 2 heterocycles. The third kappa shape index (κ3) is 6.81. The van der Waals surface area contributed by atoms with Crippen LogP contribution in [-0.2, 0) is 11.2 Å². The third-order valence-corrected chi connectivity index (χ3v) is 5.19. The molecule has 21 heavy (non-hydrogen) atoms. The van der Waals surface area contributed by atoms with Gasteiger partial charge in [-0.1, -0.05) is 24.4 Å². The normalized spacial score (nSPS) is 16.6. The van der Waals surface area contributed by atoms with Gasteiger partial charge in [-0.25, -0.2) is 0 Å². The highest BCUT2D eigenvalue weighted by atomic mass is 35.5. The molecule has 0 bridgehead atoms. The maximum atomic E-state index is 11.8. The Balaban J connectivity index is 1.52. The highest BCUT2D eigenvalue weighted by Gasteiger charge is 2.08. The molecule has 3 nitrogen and oxygen atoms in total. The van der Waals surface area contributed by atoms with Crippen LogP contribution < -0.4 is 5.32 Å². The van der Waals surface area contributed by atoms with Gasteiger partial charge >= 0.3 is 0 Å². The van der Waals surface area contributed by atoms with Gasteiger partial charge in [-0.3, -0.25) is 4.79 Å². The van der Waals surface area contributed by atoms with Crippen molar-refractivity contribution < 1.29 is 4.79 Å². The van der Waals surface area contributed by atoms with Crippen molar-refractivity contribution in [2.45, 2.75) is 44.9 Å². The number of nitrogens with zero attached hydrogens (tertiary/aromatic N) is 1. The van der Waals surface area contributed by atoms with Crippen molar-refractivity contribution in [1.29, 1.82) is 0 Å². The summed E-state index contributed by atoms with van der Waals surface area (Å²) in [4.78, 5) is 15.5. The summed E-state index contributed by atoms with van der Waals surface area (Å²) in [6.45, 7) is 4.36. The fourth-order valence-electron chi connectivity index (χ4n) is 2.70. The van der Waals surface area contributed by atoms with Crippen molar-refractivity contribution in [3.8, 4) is 0 Å². The van der Waals surface area contributed by atoms with Crippen LogP contribution >= 0.6 is 22.9 Å². The van der Waals surface area contributed by atoms with Crippen LogP contribution in [0.25, 0.3) is 0 Å². The Hall–Kier alpha value is -0.580. The van der Waals surface area contributed by atoms with Crippen LogP contribution in [0.2, 0.25) is 4.34 Å². The number of nitrogens with one attached hydrogen (secondary N) is 1. The highest BCUT2D eigenvalue weighted by Crippen LogP contribution is 2.22. The highest BCUT2D eigenvalue weighted by molar-refractivity contribution is 7.16. The number of amides is 1. The first-order valence-electron chi connectivity index (χ1n) is 7.97. The second-order valence-electron chi connectivity index (χ2n) is 5.67. The Labute approximate surface area is 136 Å². The first kappa shape index (κ1) is 16.8. The summed E-state index contributed by atoms with van der Waals surface area (Å²) in [5.74, 6) is 0.149. The van der Waals surface area contributed by atoms with Crippen LogP contribution in [0.15, 0.2) is 12.1 Å². The molecule has 5 heteroatoms. The lowest BCUT2D eigenvalue weighted by Gasteiger charge is -2.19. The molecule has 0 unspecified atom stereocenters. The van der Waals surface area contributed by atoms with Crippen LogP contribution in [0.3, 0.4) is 0 Å². The van der Waals surface area contributed by atoms with Crippen LogP contribution in [0.1, 0.15) is 43.4 Å². The Morgan fingerprint density at radius 3 is 2.67 bits per heavy atom. The molecule has 1 aromatic heterocycles. The zero-order chi connectivity index (χ0) is 14.9. The molecular weight excluding hydrogens is 304 g/mol. The molecule has 118 valence electrons. The van der Waals surface area contributed by atoms with Crippen LogP contribution in [0, 0.1) is 0 Å². The molecule has 1 aliphatic heterocycles. The Bertz CT molecular complexity index is 428. The summed E-state index contributed by atoms with van der Waals surface area (Å²) in [5, 5.41) is 3.02. The number of likely N-dealkylation sites (tertiary alicyclic amines) is 1. The van der Waals surface area contributed by atoms with Crippen molar-refractivity contribution >= 4 is 28.8 Å². The van der Waals surface area contributed by atoms with Crippen molar-refractivity contribution in [3.63, 3.8) is 0 Å². The smallest absolute Gasteiger partial charge is 0.220 e. The van der Waals surface area contributed by atoms with E-state index in [9.17, 15) is 4.79 Å². The molecule has 2 rings (SSSR count). The molecule has 1 N–H and O–H groups in total. The summed E-state index contributed by atoms with van der Waals surface area (Å²) >= 11 is 7.43. The molecule has 0 spiro atoms. The number of hydrogen-bond donors (Lipinski definition) is 1. The van der Waals surface area contributed by atoms with Gasteiger partial charge in [0.05, 0.1) is 4.34 Å². The summed E-state index contributed by atoms with van der Waals surface area (Å²) in [7, 11) is 0. The molecule has 1 amide bonds. The van der Waals surface area contributed by atoms with Gasteiger partial charge in [0, 0.05) is 17.8 Å². The quantitative estimate of drug-likeness (QED) is 0.774. The molecule has 1 fully saturated rings. The summed E-state index contributed by atoms with van der Waals surface area (Å²) in [6, 6.07) is 3.89. The van der Waals surface area contributed by atoms with E-state index in [1.165, 1.54) is 43.6 Å². The SMILES string of the molecule is O=C(CCc1ccc(Cl)s1)NCCCN1CCCCCC1. The predicted octanol–water partition coefficient (Wildman–Crippen LogP) is 3.72. The minimum absolute atomic E-state index is 0.149. The molecule has 1 saturated heterocycles. The molecule has 0 atom stereocenters. The van der Waals surface area contributed by atoms with E-state index < -0.39 is 0 Å². The zero-order valence-electron chi connectivity index (χ0n) is 12.6. The van der Waals surface area contributed by atoms with E-state index in [0.717, 1.165) is 30.3 Å². The van der Waals surface area contributed by atoms with E-state index in [2.05, 4.69) is 10.2 Å². The molecule has 1 aromatic rings. The maximum Gasteiger partial charge on any atom is 0.220 e. The fourth-order valence-corrected chi connectivity index (χ4v) is 3.79. The molecule has 0 radical (unpaired) electrons. The van der Waals surface area contributed by atoms with Crippen molar-refractivity contribution in [1.82, 2.24) is 10.2 Å². The zero-order valence-corrected chi connectivity index (χ0v) is 14.1. The first-order valence-corrected chi connectivity index (χ1v) is 9.17. The van der Waals surface area contributed by atoms with E-state index in [-0.39, 0.29) is 5.91 Å². The molecule has 0 aromatic carbocycles. The Morgan fingerprint density at radius 2 is 2.00 bits per heavy atom. The van der Waals surface area contributed by atoms with Gasteiger partial charge in [-0.05, 0) is 57.5 Å². The summed E-state index contributed by atoms with van der Waals surface area (Å²) in [6.07, 6.45) is 7.80. The van der Waals surface area contributed by atoms with Gasteiger partial charge in [0.2, 0.25) is 5.91 Å². The average Bonchev–Trinajstić information content (AvgIpc) is 2.73. The largest absolute Gasteiger partial charge is 0.356 e. The van der Waals surface area contributed by atoms with E-state index >= 15 is 0 Å².